The summed E-state index contributed by atoms with van der Waals surface area (Å²) in [5.41, 5.74) is 0.379. The van der Waals surface area contributed by atoms with E-state index in [-0.39, 0.29) is 60.0 Å². The summed E-state index contributed by atoms with van der Waals surface area (Å²) in [6.45, 7) is 0.269. The van der Waals surface area contributed by atoms with Crippen molar-refractivity contribution in [3.8, 4) is 23.2 Å². The highest BCUT2D eigenvalue weighted by atomic mass is 19.2. The summed E-state index contributed by atoms with van der Waals surface area (Å²) in [5.74, 6) is -4.78. The van der Waals surface area contributed by atoms with Gasteiger partial charge >= 0.3 is 5.97 Å². The smallest absolute Gasteiger partial charge is 0.337 e. The molecule has 5 rings (SSSR count). The van der Waals surface area contributed by atoms with Crippen molar-refractivity contribution in [2.24, 2.45) is 0 Å². The zero-order valence-corrected chi connectivity index (χ0v) is 23.5. The highest BCUT2D eigenvalue weighted by Gasteiger charge is 2.24. The lowest BCUT2D eigenvalue weighted by molar-refractivity contribution is 0.0601. The molecule has 12 heteroatoms. The predicted octanol–water partition coefficient (Wildman–Crippen LogP) is 6.13. The Bertz CT molecular complexity index is 1920. The molecule has 0 atom stereocenters. The topological polar surface area (TPSA) is 99.3 Å². The number of methoxy groups -OCH3 is 2. The highest BCUT2D eigenvalue weighted by Crippen LogP contribution is 2.31. The monoisotopic (exact) mass is 604 g/mol. The fourth-order valence-corrected chi connectivity index (χ4v) is 4.68. The lowest BCUT2D eigenvalue weighted by Gasteiger charge is -2.13. The quantitative estimate of drug-likeness (QED) is 0.107. The van der Waals surface area contributed by atoms with Gasteiger partial charge < -0.3 is 18.8 Å². The molecule has 0 fully saturated rings. The molecule has 0 unspecified atom stereocenters. The molecule has 8 nitrogen and oxygen atoms in total. The number of nitrogens with zero attached hydrogens (tertiary/aromatic N) is 4. The summed E-state index contributed by atoms with van der Waals surface area (Å²) in [6.07, 6.45) is -0.265. The van der Waals surface area contributed by atoms with E-state index in [0.717, 1.165) is 12.1 Å². The van der Waals surface area contributed by atoms with E-state index in [9.17, 15) is 9.18 Å². The van der Waals surface area contributed by atoms with E-state index in [1.54, 1.807) is 16.7 Å². The molecule has 0 radical (unpaired) electrons. The molecular weight excluding hydrogens is 580 g/mol. The highest BCUT2D eigenvalue weighted by molar-refractivity contribution is 5.93. The fourth-order valence-electron chi connectivity index (χ4n) is 4.68. The van der Waals surface area contributed by atoms with Crippen LogP contribution in [0.15, 0.2) is 60.7 Å². The molecule has 2 aromatic heterocycles. The van der Waals surface area contributed by atoms with Gasteiger partial charge in [-0.1, -0.05) is 12.1 Å². The summed E-state index contributed by atoms with van der Waals surface area (Å²) >= 11 is 0. The lowest BCUT2D eigenvalue weighted by atomic mass is 10.0. The summed E-state index contributed by atoms with van der Waals surface area (Å²) in [4.78, 5) is 20.7. The van der Waals surface area contributed by atoms with Crippen LogP contribution in [-0.4, -0.2) is 41.3 Å². The van der Waals surface area contributed by atoms with E-state index >= 15 is 13.2 Å². The van der Waals surface area contributed by atoms with Crippen molar-refractivity contribution in [2.75, 3.05) is 20.8 Å². The van der Waals surface area contributed by atoms with Gasteiger partial charge in [-0.05, 0) is 42.5 Å². The number of carbonyl (C=O) groups is 1. The van der Waals surface area contributed by atoms with Crippen molar-refractivity contribution in [3.05, 3.63) is 112 Å². The van der Waals surface area contributed by atoms with Gasteiger partial charge in [0.15, 0.2) is 11.6 Å². The number of nitriles is 1. The molecule has 224 valence electrons. The number of imidazole rings is 1. The van der Waals surface area contributed by atoms with Crippen LogP contribution in [-0.2, 0) is 29.0 Å². The first-order chi connectivity index (χ1) is 21.2. The van der Waals surface area contributed by atoms with Crippen LogP contribution in [0.5, 0.6) is 5.88 Å². The Morgan fingerprint density at radius 1 is 0.932 bits per heavy atom. The Balaban J connectivity index is 1.44. The third-order valence-electron chi connectivity index (χ3n) is 6.89. The minimum atomic E-state index is -1.45. The van der Waals surface area contributed by atoms with Crippen molar-refractivity contribution < 1.29 is 36.6 Å². The average Bonchev–Trinajstić information content (AvgIpc) is 3.37. The first-order valence-corrected chi connectivity index (χ1v) is 13.3. The number of carbonyl (C=O) groups excluding carboxylic acids is 1. The van der Waals surface area contributed by atoms with Gasteiger partial charge in [-0.25, -0.2) is 32.3 Å². The van der Waals surface area contributed by atoms with Crippen molar-refractivity contribution in [1.29, 1.82) is 5.26 Å². The number of aromatic nitrogens is 3. The maximum atomic E-state index is 15.5. The predicted molar refractivity (Wildman–Crippen MR) is 151 cm³/mol. The Hall–Kier alpha value is -5.28. The molecule has 2 heterocycles. The zero-order chi connectivity index (χ0) is 31.4. The van der Waals surface area contributed by atoms with E-state index in [0.29, 0.717) is 16.9 Å². The van der Waals surface area contributed by atoms with Crippen LogP contribution >= 0.6 is 0 Å². The van der Waals surface area contributed by atoms with Gasteiger partial charge in [-0.15, -0.1) is 0 Å². The number of fused-ring (bicyclic) bond motifs is 1. The van der Waals surface area contributed by atoms with E-state index < -0.39 is 34.8 Å². The van der Waals surface area contributed by atoms with Crippen molar-refractivity contribution in [2.45, 2.75) is 19.6 Å². The van der Waals surface area contributed by atoms with E-state index in [1.165, 1.54) is 50.6 Å². The molecule has 44 heavy (non-hydrogen) atoms. The average molecular weight is 605 g/mol. The van der Waals surface area contributed by atoms with E-state index in [1.807, 2.05) is 6.07 Å². The Labute approximate surface area is 249 Å². The van der Waals surface area contributed by atoms with E-state index in [4.69, 9.17) is 19.5 Å². The fraction of sp³-hybridized carbons (Fsp3) is 0.188. The zero-order valence-electron chi connectivity index (χ0n) is 23.5. The molecule has 0 aliphatic rings. The van der Waals surface area contributed by atoms with Crippen LogP contribution in [0.25, 0.3) is 22.3 Å². The molecule has 0 amide bonds. The van der Waals surface area contributed by atoms with Crippen LogP contribution in [0.1, 0.15) is 32.9 Å². The largest absolute Gasteiger partial charge is 0.473 e. The van der Waals surface area contributed by atoms with E-state index in [2.05, 4.69) is 9.97 Å². The number of halogens is 4. The van der Waals surface area contributed by atoms with Crippen molar-refractivity contribution >= 4 is 17.0 Å². The van der Waals surface area contributed by atoms with Crippen LogP contribution in [0.4, 0.5) is 17.6 Å². The van der Waals surface area contributed by atoms with Gasteiger partial charge in [0.25, 0.3) is 0 Å². The summed E-state index contributed by atoms with van der Waals surface area (Å²) in [5, 5.41) is 8.89. The second-order valence-electron chi connectivity index (χ2n) is 9.63. The van der Waals surface area contributed by atoms with Crippen LogP contribution in [0, 0.1) is 34.6 Å². The van der Waals surface area contributed by atoms with Crippen LogP contribution in [0.3, 0.4) is 0 Å². The van der Waals surface area contributed by atoms with Crippen LogP contribution < -0.4 is 4.74 Å². The minimum Gasteiger partial charge on any atom is -0.473 e. The maximum absolute atomic E-state index is 15.5. The lowest BCUT2D eigenvalue weighted by Crippen LogP contribution is -2.11. The summed E-state index contributed by atoms with van der Waals surface area (Å²) in [6, 6.07) is 15.4. The number of pyridine rings is 1. The molecule has 5 aromatic rings. The number of benzene rings is 3. The first kappa shape index (κ1) is 30.2. The molecule has 0 aliphatic carbocycles. The maximum Gasteiger partial charge on any atom is 0.337 e. The molecule has 0 bridgehead atoms. The molecule has 0 aliphatic heterocycles. The first-order valence-electron chi connectivity index (χ1n) is 13.3. The van der Waals surface area contributed by atoms with Gasteiger partial charge in [0.2, 0.25) is 5.88 Å². The Morgan fingerprint density at radius 3 is 2.48 bits per heavy atom. The summed E-state index contributed by atoms with van der Waals surface area (Å²) in [7, 11) is 2.76. The van der Waals surface area contributed by atoms with Gasteiger partial charge in [-0.2, -0.15) is 5.26 Å². The molecular formula is C32H24F4N4O4. The SMILES string of the molecule is COCCn1c(Cc2cc(F)c(-c3cccc(OCc4ccc(C#N)cc4F)n3)c(F)c2F)nc2ccc(C(=O)OC)cc21. The number of esters is 1. The number of rotatable bonds is 10. The van der Waals surface area contributed by atoms with Gasteiger partial charge in [0.05, 0.1) is 53.2 Å². The number of ether oxygens (including phenoxy) is 3. The standard InChI is InChI=1S/C32H24F4N4O4/c1-42-11-10-40-26-14-19(32(41)43-2)8-9-24(26)38-27(40)15-21-13-23(34)29(31(36)30(21)35)25-4-3-5-28(39-25)44-17-20-7-6-18(16-37)12-22(20)33/h3-9,12-14H,10-11,15,17H2,1-2H3. The summed E-state index contributed by atoms with van der Waals surface area (Å²) < 4.78 is 77.7. The van der Waals surface area contributed by atoms with Crippen LogP contribution in [0.2, 0.25) is 0 Å². The minimum absolute atomic E-state index is 0.0762. The van der Waals surface area contributed by atoms with Gasteiger partial charge in [-0.3, -0.25) is 0 Å². The third kappa shape index (κ3) is 6.09. The number of hydrogen-bond donors (Lipinski definition) is 0. The van der Waals surface area contributed by atoms with Crippen molar-refractivity contribution in [1.82, 2.24) is 14.5 Å². The Morgan fingerprint density at radius 2 is 1.75 bits per heavy atom. The second kappa shape index (κ2) is 12.9. The van der Waals surface area contributed by atoms with Gasteiger partial charge in [0.1, 0.15) is 24.1 Å². The molecule has 0 N–H and O–H groups in total. The second-order valence-corrected chi connectivity index (χ2v) is 9.63. The third-order valence-corrected chi connectivity index (χ3v) is 6.89. The molecule has 0 saturated heterocycles. The molecule has 3 aromatic carbocycles. The van der Waals surface area contributed by atoms with Crippen molar-refractivity contribution in [3.63, 3.8) is 0 Å². The van der Waals surface area contributed by atoms with Gasteiger partial charge in [0, 0.05) is 37.3 Å². The molecule has 0 spiro atoms. The normalized spacial score (nSPS) is 11.0. The Kier molecular flexibility index (Phi) is 8.87. The molecule has 0 saturated carbocycles. The number of hydrogen-bond acceptors (Lipinski definition) is 7.